The molecule has 0 spiro atoms. The third kappa shape index (κ3) is 2.57. The number of benzene rings is 2. The number of hydrogen-bond donors (Lipinski definition) is 2. The van der Waals surface area contributed by atoms with Crippen molar-refractivity contribution in [2.75, 3.05) is 6.61 Å². The Morgan fingerprint density at radius 3 is 2.90 bits per heavy atom. The molecule has 3 rings (SSSR count). The van der Waals surface area contributed by atoms with Crippen molar-refractivity contribution in [1.29, 1.82) is 0 Å². The molecular weight excluding hydrogens is 264 g/mol. The van der Waals surface area contributed by atoms with E-state index in [9.17, 15) is 0 Å². The molecule has 1 aliphatic carbocycles. The maximum absolute atomic E-state index is 8.75. The largest absolute Gasteiger partial charge is 0.493 e. The van der Waals surface area contributed by atoms with E-state index in [2.05, 4.69) is 29.4 Å². The van der Waals surface area contributed by atoms with Crippen molar-refractivity contribution in [3.8, 4) is 5.75 Å². The van der Waals surface area contributed by atoms with Crippen LogP contribution in [-0.4, -0.2) is 17.6 Å². The average molecular weight is 282 g/mol. The summed E-state index contributed by atoms with van der Waals surface area (Å²) in [6.07, 6.45) is 1.06. The molecule has 0 saturated carbocycles. The molecule has 2 aromatic carbocycles. The second kappa shape index (κ2) is 5.48. The van der Waals surface area contributed by atoms with E-state index in [1.807, 2.05) is 25.1 Å². The number of fused-ring (bicyclic) bond motifs is 1. The molecule has 21 heavy (non-hydrogen) atoms. The second-order valence-electron chi connectivity index (χ2n) is 5.38. The van der Waals surface area contributed by atoms with Gasteiger partial charge in [-0.25, -0.2) is 0 Å². The van der Waals surface area contributed by atoms with Gasteiger partial charge in [-0.1, -0.05) is 41.6 Å². The van der Waals surface area contributed by atoms with Gasteiger partial charge in [-0.3, -0.25) is 0 Å². The minimum Gasteiger partial charge on any atom is -0.493 e. The molecule has 4 heteroatoms. The summed E-state index contributed by atoms with van der Waals surface area (Å²) in [7, 11) is 0. The molecule has 0 bridgehead atoms. The SMILES string of the molecule is Cc1ccc(/C(N)=N/O)cc1OCC1Cc2ccccc21. The number of oxime groups is 1. The number of aryl methyl sites for hydroxylation is 1. The predicted octanol–water partition coefficient (Wildman–Crippen LogP) is 2.81. The molecule has 0 aliphatic heterocycles. The van der Waals surface area contributed by atoms with Crippen molar-refractivity contribution >= 4 is 5.84 Å². The summed E-state index contributed by atoms with van der Waals surface area (Å²) in [5.74, 6) is 1.32. The lowest BCUT2D eigenvalue weighted by molar-refractivity contribution is 0.273. The highest BCUT2D eigenvalue weighted by atomic mass is 16.5. The van der Waals surface area contributed by atoms with Gasteiger partial charge in [0.1, 0.15) is 5.75 Å². The van der Waals surface area contributed by atoms with Crippen LogP contribution < -0.4 is 10.5 Å². The first-order valence-electron chi connectivity index (χ1n) is 6.98. The fourth-order valence-corrected chi connectivity index (χ4v) is 2.67. The summed E-state index contributed by atoms with van der Waals surface area (Å²) in [6.45, 7) is 2.64. The van der Waals surface area contributed by atoms with Gasteiger partial charge in [-0.05, 0) is 36.1 Å². The first kappa shape index (κ1) is 13.5. The van der Waals surface area contributed by atoms with E-state index in [4.69, 9.17) is 15.7 Å². The molecule has 4 nitrogen and oxygen atoms in total. The predicted molar refractivity (Wildman–Crippen MR) is 82.1 cm³/mol. The van der Waals surface area contributed by atoms with Crippen molar-refractivity contribution in [2.24, 2.45) is 10.9 Å². The number of ether oxygens (including phenoxy) is 1. The zero-order valence-electron chi connectivity index (χ0n) is 11.9. The van der Waals surface area contributed by atoms with Crippen LogP contribution in [0, 0.1) is 6.92 Å². The molecular formula is C17H18N2O2. The first-order valence-corrected chi connectivity index (χ1v) is 6.98. The molecule has 0 saturated heterocycles. The first-order chi connectivity index (χ1) is 10.2. The topological polar surface area (TPSA) is 67.8 Å². The quantitative estimate of drug-likeness (QED) is 0.392. The molecule has 0 heterocycles. The Morgan fingerprint density at radius 2 is 2.14 bits per heavy atom. The van der Waals surface area contributed by atoms with E-state index < -0.39 is 0 Å². The van der Waals surface area contributed by atoms with Gasteiger partial charge >= 0.3 is 0 Å². The number of amidine groups is 1. The third-order valence-corrected chi connectivity index (χ3v) is 3.99. The Balaban J connectivity index is 1.72. The monoisotopic (exact) mass is 282 g/mol. The standard InChI is InChI=1S/C17H18N2O2/c1-11-6-7-13(17(18)19-20)9-16(11)21-10-14-8-12-4-2-3-5-15(12)14/h2-7,9,14,20H,8,10H2,1H3,(H2,18,19). The van der Waals surface area contributed by atoms with Crippen molar-refractivity contribution in [3.63, 3.8) is 0 Å². The van der Waals surface area contributed by atoms with Crippen LogP contribution in [0.1, 0.15) is 28.2 Å². The van der Waals surface area contributed by atoms with Crippen LogP contribution in [0.3, 0.4) is 0 Å². The lowest BCUT2D eigenvalue weighted by atomic mass is 9.78. The van der Waals surface area contributed by atoms with Crippen molar-refractivity contribution < 1.29 is 9.94 Å². The highest BCUT2D eigenvalue weighted by molar-refractivity contribution is 5.97. The Hall–Kier alpha value is -2.49. The summed E-state index contributed by atoms with van der Waals surface area (Å²) < 4.78 is 5.94. The summed E-state index contributed by atoms with van der Waals surface area (Å²) in [5, 5.41) is 11.8. The van der Waals surface area contributed by atoms with Gasteiger partial charge in [0.15, 0.2) is 5.84 Å². The van der Waals surface area contributed by atoms with Crippen LogP contribution >= 0.6 is 0 Å². The van der Waals surface area contributed by atoms with E-state index in [1.54, 1.807) is 0 Å². The number of rotatable bonds is 4. The summed E-state index contributed by atoms with van der Waals surface area (Å²) in [5.41, 5.74) is 10.1. The molecule has 0 radical (unpaired) electrons. The number of nitrogens with two attached hydrogens (primary N) is 1. The Morgan fingerprint density at radius 1 is 1.33 bits per heavy atom. The van der Waals surface area contributed by atoms with Gasteiger partial charge in [-0.15, -0.1) is 0 Å². The lowest BCUT2D eigenvalue weighted by Gasteiger charge is -2.30. The Bertz CT molecular complexity index is 695. The zero-order chi connectivity index (χ0) is 14.8. The second-order valence-corrected chi connectivity index (χ2v) is 5.38. The maximum atomic E-state index is 8.75. The number of hydrogen-bond acceptors (Lipinski definition) is 3. The van der Waals surface area contributed by atoms with Crippen molar-refractivity contribution in [2.45, 2.75) is 19.3 Å². The maximum Gasteiger partial charge on any atom is 0.170 e. The molecule has 0 amide bonds. The summed E-state index contributed by atoms with van der Waals surface area (Å²) in [6, 6.07) is 14.0. The van der Waals surface area contributed by atoms with E-state index in [1.165, 1.54) is 11.1 Å². The molecule has 108 valence electrons. The molecule has 1 unspecified atom stereocenters. The molecule has 2 aromatic rings. The third-order valence-electron chi connectivity index (χ3n) is 3.99. The molecule has 3 N–H and O–H groups in total. The van der Waals surface area contributed by atoms with Gasteiger partial charge < -0.3 is 15.7 Å². The average Bonchev–Trinajstić information content (AvgIpc) is 2.49. The summed E-state index contributed by atoms with van der Waals surface area (Å²) in [4.78, 5) is 0. The molecule has 1 aliphatic rings. The normalized spacial score (nSPS) is 17.0. The minimum atomic E-state index is 0.0915. The zero-order valence-corrected chi connectivity index (χ0v) is 11.9. The van der Waals surface area contributed by atoms with Gasteiger partial charge in [0.05, 0.1) is 6.61 Å². The molecule has 0 fully saturated rings. The van der Waals surface area contributed by atoms with Crippen LogP contribution in [0.2, 0.25) is 0 Å². The van der Waals surface area contributed by atoms with Gasteiger partial charge in [0, 0.05) is 11.5 Å². The van der Waals surface area contributed by atoms with Crippen molar-refractivity contribution in [3.05, 3.63) is 64.7 Å². The van der Waals surface area contributed by atoms with Gasteiger partial charge in [-0.2, -0.15) is 0 Å². The fourth-order valence-electron chi connectivity index (χ4n) is 2.67. The van der Waals surface area contributed by atoms with E-state index in [-0.39, 0.29) is 5.84 Å². The van der Waals surface area contributed by atoms with E-state index in [0.29, 0.717) is 18.1 Å². The highest BCUT2D eigenvalue weighted by Gasteiger charge is 2.26. The smallest absolute Gasteiger partial charge is 0.170 e. The van der Waals surface area contributed by atoms with Crippen LogP contribution in [-0.2, 0) is 6.42 Å². The van der Waals surface area contributed by atoms with Gasteiger partial charge in [0.2, 0.25) is 0 Å². The fraction of sp³-hybridized carbons (Fsp3) is 0.235. The van der Waals surface area contributed by atoms with Crippen LogP contribution in [0.15, 0.2) is 47.6 Å². The molecule has 0 aromatic heterocycles. The molecule has 1 atom stereocenters. The van der Waals surface area contributed by atoms with E-state index in [0.717, 1.165) is 17.7 Å². The minimum absolute atomic E-state index is 0.0915. The van der Waals surface area contributed by atoms with Crippen LogP contribution in [0.25, 0.3) is 0 Å². The summed E-state index contributed by atoms with van der Waals surface area (Å²) >= 11 is 0. The van der Waals surface area contributed by atoms with Crippen LogP contribution in [0.4, 0.5) is 0 Å². The highest BCUT2D eigenvalue weighted by Crippen LogP contribution is 2.35. The van der Waals surface area contributed by atoms with Gasteiger partial charge in [0.25, 0.3) is 0 Å². The van der Waals surface area contributed by atoms with Crippen LogP contribution in [0.5, 0.6) is 5.75 Å². The Labute approximate surface area is 123 Å². The lowest BCUT2D eigenvalue weighted by Crippen LogP contribution is -2.23. The van der Waals surface area contributed by atoms with E-state index >= 15 is 0 Å². The number of nitrogens with zero attached hydrogens (tertiary/aromatic N) is 1. The Kier molecular flexibility index (Phi) is 3.52. The van der Waals surface area contributed by atoms with Crippen molar-refractivity contribution in [1.82, 2.24) is 0 Å².